The summed E-state index contributed by atoms with van der Waals surface area (Å²) in [6.45, 7) is 8.70. The van der Waals surface area contributed by atoms with E-state index >= 15 is 0 Å². The molecular weight excluding hydrogens is 380 g/mol. The van der Waals surface area contributed by atoms with Crippen molar-refractivity contribution in [2.75, 3.05) is 32.7 Å². The van der Waals surface area contributed by atoms with Crippen molar-refractivity contribution >= 4 is 11.7 Å². The van der Waals surface area contributed by atoms with Crippen LogP contribution in [-0.4, -0.2) is 63.9 Å². The van der Waals surface area contributed by atoms with E-state index in [4.69, 9.17) is 4.52 Å². The summed E-state index contributed by atoms with van der Waals surface area (Å²) in [4.78, 5) is 29.6. The molecule has 0 spiro atoms. The van der Waals surface area contributed by atoms with Crippen LogP contribution in [0.4, 0.5) is 0 Å². The molecule has 0 bridgehead atoms. The number of nitrogens with zero attached hydrogens (tertiary/aromatic N) is 4. The highest BCUT2D eigenvalue weighted by Gasteiger charge is 2.25. The van der Waals surface area contributed by atoms with Gasteiger partial charge in [0.05, 0.1) is 6.54 Å². The molecule has 4 rings (SSSR count). The van der Waals surface area contributed by atoms with Crippen LogP contribution in [0.3, 0.4) is 0 Å². The molecule has 156 valence electrons. The molecule has 1 aliphatic rings. The van der Waals surface area contributed by atoms with Crippen LogP contribution in [0, 0.1) is 20.8 Å². The molecule has 3 aromatic rings. The minimum absolute atomic E-state index is 0.0491. The third kappa shape index (κ3) is 3.93. The number of aromatic nitrogens is 2. The van der Waals surface area contributed by atoms with Crippen LogP contribution in [0.15, 0.2) is 47.0 Å². The Labute approximate surface area is 175 Å². The molecule has 1 aromatic carbocycles. The lowest BCUT2D eigenvalue weighted by Gasteiger charge is -2.34. The van der Waals surface area contributed by atoms with Gasteiger partial charge in [0.25, 0.3) is 5.91 Å². The van der Waals surface area contributed by atoms with Gasteiger partial charge in [-0.15, -0.1) is 0 Å². The molecule has 1 saturated heterocycles. The van der Waals surface area contributed by atoms with E-state index in [1.807, 2.05) is 72.7 Å². The fourth-order valence-electron chi connectivity index (χ4n) is 4.02. The van der Waals surface area contributed by atoms with E-state index < -0.39 is 0 Å². The second kappa shape index (κ2) is 8.28. The first-order valence-electron chi connectivity index (χ1n) is 10.2. The van der Waals surface area contributed by atoms with Gasteiger partial charge in [-0.25, -0.2) is 0 Å². The van der Waals surface area contributed by atoms with Gasteiger partial charge in [-0.1, -0.05) is 23.4 Å². The highest BCUT2D eigenvalue weighted by atomic mass is 16.5. The Bertz CT molecular complexity index is 1060. The Morgan fingerprint density at radius 2 is 1.70 bits per heavy atom. The predicted molar refractivity (Wildman–Crippen MR) is 113 cm³/mol. The average Bonchev–Trinajstić information content (AvgIpc) is 3.30. The average molecular weight is 406 g/mol. The predicted octanol–water partition coefficient (Wildman–Crippen LogP) is 3.03. The van der Waals surface area contributed by atoms with E-state index in [-0.39, 0.29) is 11.7 Å². The smallest absolute Gasteiger partial charge is 0.253 e. The van der Waals surface area contributed by atoms with Crippen LogP contribution in [0.5, 0.6) is 0 Å². The van der Waals surface area contributed by atoms with Gasteiger partial charge in [0.15, 0.2) is 11.6 Å². The maximum absolute atomic E-state index is 13.0. The van der Waals surface area contributed by atoms with Crippen LogP contribution < -0.4 is 0 Å². The summed E-state index contributed by atoms with van der Waals surface area (Å²) in [5.74, 6) is 1.55. The molecule has 3 heterocycles. The van der Waals surface area contributed by atoms with Crippen LogP contribution in [0.2, 0.25) is 0 Å². The summed E-state index contributed by atoms with van der Waals surface area (Å²) in [6.07, 6.45) is 0. The fourth-order valence-corrected chi connectivity index (χ4v) is 4.02. The minimum Gasteiger partial charge on any atom is -0.360 e. The Balaban J connectivity index is 1.39. The normalized spacial score (nSPS) is 14.8. The van der Waals surface area contributed by atoms with Gasteiger partial charge < -0.3 is 9.42 Å². The lowest BCUT2D eigenvalue weighted by Crippen LogP contribution is -2.49. The Morgan fingerprint density at radius 3 is 2.33 bits per heavy atom. The van der Waals surface area contributed by atoms with Crippen LogP contribution in [0.1, 0.15) is 37.9 Å². The van der Waals surface area contributed by atoms with Gasteiger partial charge in [0.1, 0.15) is 5.76 Å². The van der Waals surface area contributed by atoms with Crippen molar-refractivity contribution in [3.8, 4) is 5.82 Å². The number of benzene rings is 1. The highest BCUT2D eigenvalue weighted by molar-refractivity contribution is 5.99. The maximum Gasteiger partial charge on any atom is 0.253 e. The number of aryl methyl sites for hydroxylation is 2. The molecule has 0 unspecified atom stereocenters. The summed E-state index contributed by atoms with van der Waals surface area (Å²) in [6, 6.07) is 13.1. The molecule has 0 radical (unpaired) electrons. The Morgan fingerprint density at radius 1 is 1.00 bits per heavy atom. The fraction of sp³-hybridized carbons (Fsp3) is 0.348. The molecule has 0 aliphatic carbocycles. The Hall–Kier alpha value is -3.19. The molecule has 1 aliphatic heterocycles. The molecule has 0 N–H and O–H groups in total. The van der Waals surface area contributed by atoms with E-state index in [0.717, 1.165) is 17.1 Å². The first-order chi connectivity index (χ1) is 14.4. The second-order valence-corrected chi connectivity index (χ2v) is 7.77. The molecular formula is C23H26N4O3. The van der Waals surface area contributed by atoms with Crippen LogP contribution in [0.25, 0.3) is 5.82 Å². The largest absolute Gasteiger partial charge is 0.360 e. The van der Waals surface area contributed by atoms with Gasteiger partial charge in [-0.3, -0.25) is 19.1 Å². The highest BCUT2D eigenvalue weighted by Crippen LogP contribution is 2.21. The number of carbonyl (C=O) groups excluding carboxylic acids is 2. The van der Waals surface area contributed by atoms with Crippen LogP contribution >= 0.6 is 0 Å². The minimum atomic E-state index is 0.0491. The van der Waals surface area contributed by atoms with Gasteiger partial charge in [-0.05, 0) is 39.0 Å². The quantitative estimate of drug-likeness (QED) is 0.609. The molecule has 7 heteroatoms. The second-order valence-electron chi connectivity index (χ2n) is 7.77. The molecule has 0 saturated carbocycles. The first-order valence-corrected chi connectivity index (χ1v) is 10.2. The number of hydrogen-bond acceptors (Lipinski definition) is 5. The summed E-state index contributed by atoms with van der Waals surface area (Å²) in [7, 11) is 0. The lowest BCUT2D eigenvalue weighted by molar-refractivity contribution is 0.0624. The van der Waals surface area contributed by atoms with Gasteiger partial charge in [0, 0.05) is 54.8 Å². The topological polar surface area (TPSA) is 71.6 Å². The van der Waals surface area contributed by atoms with Crippen molar-refractivity contribution in [1.82, 2.24) is 19.5 Å². The number of hydrogen-bond donors (Lipinski definition) is 0. The van der Waals surface area contributed by atoms with Gasteiger partial charge in [-0.2, -0.15) is 0 Å². The van der Waals surface area contributed by atoms with Crippen molar-refractivity contribution in [1.29, 1.82) is 0 Å². The van der Waals surface area contributed by atoms with E-state index in [1.165, 1.54) is 0 Å². The Kier molecular flexibility index (Phi) is 5.55. The number of carbonyl (C=O) groups is 2. The zero-order chi connectivity index (χ0) is 21.3. The van der Waals surface area contributed by atoms with E-state index in [2.05, 4.69) is 10.1 Å². The number of amides is 1. The van der Waals surface area contributed by atoms with Crippen molar-refractivity contribution < 1.29 is 14.1 Å². The number of Topliss-reactive ketones (excluding diaryl/α,β-unsaturated/α-hetero) is 1. The standard InChI is InChI=1S/C23H26N4O3/c1-16-13-20(18(3)27(16)22-14-17(2)30-24-22)21(28)15-25-9-11-26(12-10-25)23(29)19-7-5-4-6-8-19/h4-8,13-14H,9-12,15H2,1-3H3. The molecule has 1 amide bonds. The van der Waals surface area contributed by atoms with Crippen molar-refractivity contribution in [2.45, 2.75) is 20.8 Å². The summed E-state index contributed by atoms with van der Waals surface area (Å²) < 4.78 is 7.13. The number of rotatable bonds is 5. The van der Waals surface area contributed by atoms with Crippen LogP contribution in [-0.2, 0) is 0 Å². The van der Waals surface area contributed by atoms with E-state index in [1.54, 1.807) is 0 Å². The third-order valence-corrected chi connectivity index (χ3v) is 5.62. The van der Waals surface area contributed by atoms with Crippen molar-refractivity contribution in [3.63, 3.8) is 0 Å². The maximum atomic E-state index is 13.0. The molecule has 7 nitrogen and oxygen atoms in total. The van der Waals surface area contributed by atoms with Gasteiger partial charge >= 0.3 is 0 Å². The SMILES string of the molecule is Cc1cc(-n2c(C)cc(C(=O)CN3CCN(C(=O)c4ccccc4)CC3)c2C)no1. The van der Waals surface area contributed by atoms with Crippen molar-refractivity contribution in [3.05, 3.63) is 70.7 Å². The van der Waals surface area contributed by atoms with E-state index in [0.29, 0.717) is 49.7 Å². The summed E-state index contributed by atoms with van der Waals surface area (Å²) >= 11 is 0. The number of ketones is 1. The van der Waals surface area contributed by atoms with Gasteiger partial charge in [0.2, 0.25) is 0 Å². The summed E-state index contributed by atoms with van der Waals surface area (Å²) in [5, 5.41) is 4.07. The molecule has 0 atom stereocenters. The molecule has 1 fully saturated rings. The zero-order valence-corrected chi connectivity index (χ0v) is 17.6. The monoisotopic (exact) mass is 406 g/mol. The van der Waals surface area contributed by atoms with E-state index in [9.17, 15) is 9.59 Å². The molecule has 30 heavy (non-hydrogen) atoms. The lowest BCUT2D eigenvalue weighted by atomic mass is 10.1. The summed E-state index contributed by atoms with van der Waals surface area (Å²) in [5.41, 5.74) is 3.22. The zero-order valence-electron chi connectivity index (χ0n) is 17.6. The molecule has 2 aromatic heterocycles. The third-order valence-electron chi connectivity index (χ3n) is 5.62. The first kappa shape index (κ1) is 20.1. The number of piperazine rings is 1. The van der Waals surface area contributed by atoms with Crippen molar-refractivity contribution in [2.24, 2.45) is 0 Å².